The molecule has 6 nitrogen and oxygen atoms in total. The lowest BCUT2D eigenvalue weighted by Crippen LogP contribution is -2.32. The molecule has 110 valence electrons. The van der Waals surface area contributed by atoms with Crippen molar-refractivity contribution in [1.82, 2.24) is 19.4 Å². The standard InChI is InChI=1S/C12H24N4O2S/c1-5-16(19(4,17)18)8-6-7-13-9-12-10-14-15(3)11(12)2/h10,13H,5-9H2,1-4H3. The van der Waals surface area contributed by atoms with Gasteiger partial charge in [0.05, 0.1) is 12.5 Å². The number of sulfonamides is 1. The summed E-state index contributed by atoms with van der Waals surface area (Å²) in [5.74, 6) is 0. The minimum absolute atomic E-state index is 0.528. The van der Waals surface area contributed by atoms with Crippen molar-refractivity contribution in [2.75, 3.05) is 25.9 Å². The highest BCUT2D eigenvalue weighted by Gasteiger charge is 2.13. The first-order chi connectivity index (χ1) is 8.86. The number of nitrogens with zero attached hydrogens (tertiary/aromatic N) is 3. The molecule has 0 radical (unpaired) electrons. The van der Waals surface area contributed by atoms with E-state index in [2.05, 4.69) is 10.4 Å². The van der Waals surface area contributed by atoms with Gasteiger partial charge in [-0.2, -0.15) is 5.10 Å². The second-order valence-corrected chi connectivity index (χ2v) is 6.65. The Labute approximate surface area is 115 Å². The molecule has 0 bridgehead atoms. The number of hydrogen-bond donors (Lipinski definition) is 1. The Morgan fingerprint density at radius 2 is 2.16 bits per heavy atom. The van der Waals surface area contributed by atoms with E-state index in [-0.39, 0.29) is 0 Å². The quantitative estimate of drug-likeness (QED) is 0.707. The molecule has 0 amide bonds. The van der Waals surface area contributed by atoms with Gasteiger partial charge in [-0.15, -0.1) is 0 Å². The summed E-state index contributed by atoms with van der Waals surface area (Å²) in [5.41, 5.74) is 2.33. The number of hydrogen-bond acceptors (Lipinski definition) is 4. The fourth-order valence-corrected chi connectivity index (χ4v) is 2.81. The minimum atomic E-state index is -3.07. The van der Waals surface area contributed by atoms with E-state index in [0.29, 0.717) is 13.1 Å². The molecule has 0 aliphatic carbocycles. The summed E-state index contributed by atoms with van der Waals surface area (Å²) in [6, 6.07) is 0. The van der Waals surface area contributed by atoms with Gasteiger partial charge in [0.2, 0.25) is 10.0 Å². The fourth-order valence-electron chi connectivity index (χ4n) is 1.88. The zero-order valence-electron chi connectivity index (χ0n) is 12.2. The molecule has 1 rings (SSSR count). The Morgan fingerprint density at radius 1 is 1.47 bits per heavy atom. The van der Waals surface area contributed by atoms with Gasteiger partial charge < -0.3 is 5.32 Å². The molecule has 0 saturated heterocycles. The number of nitrogens with one attached hydrogen (secondary N) is 1. The Kier molecular flexibility index (Phi) is 5.96. The van der Waals surface area contributed by atoms with E-state index in [9.17, 15) is 8.42 Å². The molecule has 0 saturated carbocycles. The van der Waals surface area contributed by atoms with Gasteiger partial charge in [0, 0.05) is 37.9 Å². The van der Waals surface area contributed by atoms with Gasteiger partial charge in [0.15, 0.2) is 0 Å². The van der Waals surface area contributed by atoms with Crippen LogP contribution in [0, 0.1) is 6.92 Å². The third-order valence-corrected chi connectivity index (χ3v) is 4.61. The van der Waals surface area contributed by atoms with Crippen molar-refractivity contribution in [3.63, 3.8) is 0 Å². The zero-order chi connectivity index (χ0) is 14.5. The molecule has 7 heteroatoms. The van der Waals surface area contributed by atoms with E-state index in [0.717, 1.165) is 25.2 Å². The molecule has 1 heterocycles. The van der Waals surface area contributed by atoms with Crippen LogP contribution in [0.1, 0.15) is 24.6 Å². The molecule has 1 aromatic rings. The van der Waals surface area contributed by atoms with Gasteiger partial charge in [-0.1, -0.05) is 6.92 Å². The highest BCUT2D eigenvalue weighted by atomic mass is 32.2. The molecule has 1 aromatic heterocycles. The van der Waals surface area contributed by atoms with Crippen LogP contribution >= 0.6 is 0 Å². The van der Waals surface area contributed by atoms with Crippen molar-refractivity contribution in [2.24, 2.45) is 7.05 Å². The first-order valence-corrected chi connectivity index (χ1v) is 8.34. The van der Waals surface area contributed by atoms with E-state index in [4.69, 9.17) is 0 Å². The topological polar surface area (TPSA) is 67.2 Å². The van der Waals surface area contributed by atoms with Crippen LogP contribution in [0.25, 0.3) is 0 Å². The molecule has 0 spiro atoms. The summed E-state index contributed by atoms with van der Waals surface area (Å²) in [7, 11) is -1.14. The Bertz CT molecular complexity index is 496. The van der Waals surface area contributed by atoms with Gasteiger partial charge in [-0.05, 0) is 19.9 Å². The van der Waals surface area contributed by atoms with E-state index in [1.54, 1.807) is 0 Å². The third-order valence-electron chi connectivity index (χ3n) is 3.24. The van der Waals surface area contributed by atoms with E-state index in [1.165, 1.54) is 16.1 Å². The maximum Gasteiger partial charge on any atom is 0.211 e. The van der Waals surface area contributed by atoms with Crippen LogP contribution in [-0.4, -0.2) is 48.4 Å². The molecule has 19 heavy (non-hydrogen) atoms. The predicted octanol–water partition coefficient (Wildman–Crippen LogP) is 0.490. The Morgan fingerprint density at radius 3 is 2.63 bits per heavy atom. The van der Waals surface area contributed by atoms with Gasteiger partial charge >= 0.3 is 0 Å². The van der Waals surface area contributed by atoms with Crippen molar-refractivity contribution >= 4 is 10.0 Å². The Hall–Kier alpha value is -0.920. The second kappa shape index (κ2) is 7.02. The summed E-state index contributed by atoms with van der Waals surface area (Å²) < 4.78 is 26.1. The van der Waals surface area contributed by atoms with Gasteiger partial charge in [0.1, 0.15) is 0 Å². The smallest absolute Gasteiger partial charge is 0.211 e. The number of rotatable bonds is 8. The average Bonchev–Trinajstić information content (AvgIpc) is 2.63. The number of aryl methyl sites for hydroxylation is 1. The molecule has 0 fully saturated rings. The van der Waals surface area contributed by atoms with Crippen molar-refractivity contribution in [3.05, 3.63) is 17.5 Å². The third kappa shape index (κ3) is 4.93. The van der Waals surface area contributed by atoms with Gasteiger partial charge in [0.25, 0.3) is 0 Å². The number of aromatic nitrogens is 2. The lowest BCUT2D eigenvalue weighted by Gasteiger charge is -2.17. The first kappa shape index (κ1) is 16.1. The van der Waals surface area contributed by atoms with Crippen LogP contribution in [0.5, 0.6) is 0 Å². The lowest BCUT2D eigenvalue weighted by atomic mass is 10.2. The van der Waals surface area contributed by atoms with Crippen molar-refractivity contribution in [1.29, 1.82) is 0 Å². The Balaban J connectivity index is 2.27. The highest BCUT2D eigenvalue weighted by molar-refractivity contribution is 7.88. The first-order valence-electron chi connectivity index (χ1n) is 6.49. The van der Waals surface area contributed by atoms with Crippen LogP contribution in [0.15, 0.2) is 6.20 Å². The van der Waals surface area contributed by atoms with E-state index >= 15 is 0 Å². The summed E-state index contributed by atoms with van der Waals surface area (Å²) in [6.07, 6.45) is 3.92. The zero-order valence-corrected chi connectivity index (χ0v) is 13.0. The monoisotopic (exact) mass is 288 g/mol. The normalized spacial score (nSPS) is 12.3. The molecule has 0 unspecified atom stereocenters. The largest absolute Gasteiger partial charge is 0.312 e. The van der Waals surface area contributed by atoms with Gasteiger partial charge in [-0.3, -0.25) is 4.68 Å². The molecule has 0 aliphatic rings. The lowest BCUT2D eigenvalue weighted by molar-refractivity contribution is 0.419. The van der Waals surface area contributed by atoms with Crippen LogP contribution in [0.4, 0.5) is 0 Å². The van der Waals surface area contributed by atoms with Gasteiger partial charge in [-0.25, -0.2) is 12.7 Å². The van der Waals surface area contributed by atoms with E-state index in [1.807, 2.05) is 31.8 Å². The van der Waals surface area contributed by atoms with Crippen molar-refractivity contribution in [2.45, 2.75) is 26.8 Å². The average molecular weight is 288 g/mol. The van der Waals surface area contributed by atoms with Crippen molar-refractivity contribution in [3.8, 4) is 0 Å². The second-order valence-electron chi connectivity index (χ2n) is 4.66. The summed E-state index contributed by atoms with van der Waals surface area (Å²) >= 11 is 0. The van der Waals surface area contributed by atoms with Crippen molar-refractivity contribution < 1.29 is 8.42 Å². The molecular formula is C12H24N4O2S. The molecule has 0 atom stereocenters. The summed E-state index contributed by atoms with van der Waals surface area (Å²) in [5, 5.41) is 7.49. The molecular weight excluding hydrogens is 264 g/mol. The summed E-state index contributed by atoms with van der Waals surface area (Å²) in [6.45, 7) is 6.54. The van der Waals surface area contributed by atoms with Crippen LogP contribution < -0.4 is 5.32 Å². The summed E-state index contributed by atoms with van der Waals surface area (Å²) in [4.78, 5) is 0. The minimum Gasteiger partial charge on any atom is -0.312 e. The molecule has 1 N–H and O–H groups in total. The van der Waals surface area contributed by atoms with Crippen LogP contribution in [0.2, 0.25) is 0 Å². The molecule has 0 aliphatic heterocycles. The predicted molar refractivity (Wildman–Crippen MR) is 76.4 cm³/mol. The van der Waals surface area contributed by atoms with Crippen LogP contribution in [0.3, 0.4) is 0 Å². The highest BCUT2D eigenvalue weighted by Crippen LogP contribution is 2.04. The van der Waals surface area contributed by atoms with E-state index < -0.39 is 10.0 Å². The fraction of sp³-hybridized carbons (Fsp3) is 0.750. The molecule has 0 aromatic carbocycles. The maximum atomic E-state index is 11.4. The maximum absolute atomic E-state index is 11.4. The van der Waals surface area contributed by atoms with Crippen LogP contribution in [-0.2, 0) is 23.6 Å². The SMILES string of the molecule is CCN(CCCNCc1cnn(C)c1C)S(C)(=O)=O.